The standard InChI is InChI=1S/C14H20N2O2/c1-5-12-14(2,3)16(17)13(15-12)10-6-8-11(18-4)9-7-10/h6-9,13,17H,5H2,1-4H3/p+1/t13-/m1/s1. The van der Waals surface area contributed by atoms with E-state index in [1.807, 2.05) is 38.1 Å². The van der Waals surface area contributed by atoms with Crippen LogP contribution in [0.2, 0.25) is 0 Å². The first-order valence-corrected chi connectivity index (χ1v) is 6.25. The molecule has 0 spiro atoms. The summed E-state index contributed by atoms with van der Waals surface area (Å²) in [6.45, 7) is 6.12. The highest BCUT2D eigenvalue weighted by molar-refractivity contribution is 5.88. The minimum Gasteiger partial charge on any atom is -0.497 e. The van der Waals surface area contributed by atoms with Crippen molar-refractivity contribution in [2.45, 2.75) is 38.9 Å². The summed E-state index contributed by atoms with van der Waals surface area (Å²) in [4.78, 5) is 3.39. The second-order valence-electron chi connectivity index (χ2n) is 5.06. The second kappa shape index (κ2) is 4.71. The van der Waals surface area contributed by atoms with E-state index in [0.717, 1.165) is 23.4 Å². The van der Waals surface area contributed by atoms with E-state index >= 15 is 0 Å². The van der Waals surface area contributed by atoms with Crippen molar-refractivity contribution in [2.24, 2.45) is 0 Å². The Labute approximate surface area is 108 Å². The lowest BCUT2D eigenvalue weighted by molar-refractivity contribution is -0.549. The molecule has 2 rings (SSSR count). The summed E-state index contributed by atoms with van der Waals surface area (Å²) in [5, 5.41) is 11.7. The summed E-state index contributed by atoms with van der Waals surface area (Å²) >= 11 is 0. The Bertz CT molecular complexity index is 451. The van der Waals surface area contributed by atoms with E-state index in [1.54, 1.807) is 7.11 Å². The molecule has 0 bridgehead atoms. The molecule has 0 amide bonds. The van der Waals surface area contributed by atoms with E-state index < -0.39 is 0 Å². The molecule has 1 aromatic carbocycles. The largest absolute Gasteiger partial charge is 0.497 e. The van der Waals surface area contributed by atoms with Gasteiger partial charge in [0.2, 0.25) is 0 Å². The fourth-order valence-electron chi connectivity index (χ4n) is 2.41. The molecule has 0 fully saturated rings. The highest BCUT2D eigenvalue weighted by Gasteiger charge is 2.48. The highest BCUT2D eigenvalue weighted by atomic mass is 16.5. The Morgan fingerprint density at radius 3 is 2.39 bits per heavy atom. The van der Waals surface area contributed by atoms with E-state index in [0.29, 0.717) is 0 Å². The fourth-order valence-corrected chi connectivity index (χ4v) is 2.41. The minimum absolute atomic E-state index is 0.194. The summed E-state index contributed by atoms with van der Waals surface area (Å²) in [5.41, 5.74) is 1.82. The van der Waals surface area contributed by atoms with Crippen LogP contribution in [0.4, 0.5) is 0 Å². The van der Waals surface area contributed by atoms with Crippen molar-refractivity contribution in [3.05, 3.63) is 29.8 Å². The Balaban J connectivity index is 2.31. The average Bonchev–Trinajstić information content (AvgIpc) is 2.61. The number of benzene rings is 1. The number of methoxy groups -OCH3 is 1. The van der Waals surface area contributed by atoms with Crippen LogP contribution in [-0.2, 0) is 0 Å². The molecule has 0 saturated heterocycles. The van der Waals surface area contributed by atoms with Crippen LogP contribution >= 0.6 is 0 Å². The van der Waals surface area contributed by atoms with Gasteiger partial charge in [-0.15, -0.1) is 5.06 Å². The number of rotatable bonds is 3. The summed E-state index contributed by atoms with van der Waals surface area (Å²) in [5.74, 6) is 0.820. The van der Waals surface area contributed by atoms with Crippen LogP contribution in [-0.4, -0.2) is 28.6 Å². The molecule has 0 aromatic heterocycles. The molecule has 98 valence electrons. The smallest absolute Gasteiger partial charge is 0.255 e. The van der Waals surface area contributed by atoms with Gasteiger partial charge in [0.05, 0.1) is 7.11 Å². The van der Waals surface area contributed by atoms with Gasteiger partial charge in [-0.2, -0.15) is 0 Å². The molecular formula is C14H21N2O2+. The average molecular weight is 249 g/mol. The number of hydroxylamine groups is 2. The van der Waals surface area contributed by atoms with Gasteiger partial charge in [0, 0.05) is 12.0 Å². The van der Waals surface area contributed by atoms with Crippen molar-refractivity contribution >= 4 is 5.71 Å². The van der Waals surface area contributed by atoms with E-state index in [-0.39, 0.29) is 11.7 Å². The van der Waals surface area contributed by atoms with Crippen LogP contribution in [0.5, 0.6) is 5.75 Å². The topological polar surface area (TPSA) is 46.7 Å². The van der Waals surface area contributed by atoms with Crippen LogP contribution in [0.3, 0.4) is 0 Å². The van der Waals surface area contributed by atoms with Gasteiger partial charge in [0.1, 0.15) is 11.3 Å². The normalized spacial score (nSPS) is 22.9. The van der Waals surface area contributed by atoms with Crippen LogP contribution in [0.1, 0.15) is 38.9 Å². The molecule has 4 nitrogen and oxygen atoms in total. The third-order valence-electron chi connectivity index (χ3n) is 3.65. The lowest BCUT2D eigenvalue weighted by Gasteiger charge is -2.25. The van der Waals surface area contributed by atoms with Crippen molar-refractivity contribution in [2.75, 3.05) is 7.11 Å². The maximum Gasteiger partial charge on any atom is 0.255 e. The Kier molecular flexibility index (Phi) is 3.41. The fraction of sp³-hybridized carbons (Fsp3) is 0.500. The molecule has 0 radical (unpaired) electrons. The first kappa shape index (κ1) is 13.1. The quantitative estimate of drug-likeness (QED) is 0.843. The van der Waals surface area contributed by atoms with Gasteiger partial charge in [-0.05, 0) is 38.1 Å². The van der Waals surface area contributed by atoms with Gasteiger partial charge in [-0.3, -0.25) is 0 Å². The molecular weight excluding hydrogens is 228 g/mol. The Morgan fingerprint density at radius 1 is 1.33 bits per heavy atom. The molecule has 0 aliphatic carbocycles. The molecule has 1 aliphatic rings. The highest BCUT2D eigenvalue weighted by Crippen LogP contribution is 2.27. The van der Waals surface area contributed by atoms with E-state index in [2.05, 4.69) is 11.9 Å². The number of ether oxygens (including phenoxy) is 1. The molecule has 1 atom stereocenters. The molecule has 2 N–H and O–H groups in total. The van der Waals surface area contributed by atoms with Crippen LogP contribution < -0.4 is 9.73 Å². The number of nitrogens with one attached hydrogen (secondary N) is 1. The molecule has 1 aromatic rings. The first-order chi connectivity index (χ1) is 8.50. The van der Waals surface area contributed by atoms with Gasteiger partial charge in [-0.25, -0.2) is 4.99 Å². The van der Waals surface area contributed by atoms with E-state index in [4.69, 9.17) is 4.74 Å². The molecule has 0 unspecified atom stereocenters. The van der Waals surface area contributed by atoms with Gasteiger partial charge < -0.3 is 9.94 Å². The number of nitrogens with zero attached hydrogens (tertiary/aromatic N) is 1. The molecule has 1 aliphatic heterocycles. The summed E-state index contributed by atoms with van der Waals surface area (Å²) in [7, 11) is 1.65. The number of hydrogen-bond acceptors (Lipinski definition) is 3. The summed E-state index contributed by atoms with van der Waals surface area (Å²) in [6, 6.07) is 7.74. The molecule has 18 heavy (non-hydrogen) atoms. The summed E-state index contributed by atoms with van der Waals surface area (Å²) in [6.07, 6.45) is 0.706. The second-order valence-corrected chi connectivity index (χ2v) is 5.06. The maximum atomic E-state index is 10.3. The zero-order valence-electron chi connectivity index (χ0n) is 11.4. The van der Waals surface area contributed by atoms with Crippen molar-refractivity contribution in [1.82, 2.24) is 5.06 Å². The van der Waals surface area contributed by atoms with Gasteiger partial charge in [0.25, 0.3) is 6.17 Å². The molecule has 0 saturated carbocycles. The predicted octanol–water partition coefficient (Wildman–Crippen LogP) is 1.11. The minimum atomic E-state index is -0.348. The predicted molar refractivity (Wildman–Crippen MR) is 69.7 cm³/mol. The van der Waals surface area contributed by atoms with Crippen molar-refractivity contribution in [3.8, 4) is 5.75 Å². The van der Waals surface area contributed by atoms with Crippen LogP contribution in [0, 0.1) is 0 Å². The van der Waals surface area contributed by atoms with Crippen LogP contribution in [0.15, 0.2) is 24.3 Å². The van der Waals surface area contributed by atoms with Gasteiger partial charge in [-0.1, -0.05) is 6.92 Å². The third kappa shape index (κ3) is 2.02. The van der Waals surface area contributed by atoms with Crippen molar-refractivity contribution in [1.29, 1.82) is 0 Å². The van der Waals surface area contributed by atoms with Gasteiger partial charge in [0.15, 0.2) is 5.71 Å². The lowest BCUT2D eigenvalue weighted by Crippen LogP contribution is -2.72. The third-order valence-corrected chi connectivity index (χ3v) is 3.65. The Hall–Kier alpha value is -1.39. The maximum absolute atomic E-state index is 10.3. The Morgan fingerprint density at radius 2 is 1.94 bits per heavy atom. The first-order valence-electron chi connectivity index (χ1n) is 6.25. The van der Waals surface area contributed by atoms with Crippen LogP contribution in [0.25, 0.3) is 0 Å². The van der Waals surface area contributed by atoms with Gasteiger partial charge >= 0.3 is 0 Å². The van der Waals surface area contributed by atoms with E-state index in [1.165, 1.54) is 5.06 Å². The zero-order chi connectivity index (χ0) is 13.3. The molecule has 1 heterocycles. The van der Waals surface area contributed by atoms with Crippen molar-refractivity contribution < 1.29 is 14.9 Å². The lowest BCUT2D eigenvalue weighted by atomic mass is 9.97. The zero-order valence-corrected chi connectivity index (χ0v) is 11.4. The van der Waals surface area contributed by atoms with Crippen molar-refractivity contribution in [3.63, 3.8) is 0 Å². The van der Waals surface area contributed by atoms with E-state index in [9.17, 15) is 5.21 Å². The number of hydrogen-bond donors (Lipinski definition) is 2. The molecule has 4 heteroatoms. The SMILES string of the molecule is CCC1=[NH+][C@@H](c2ccc(OC)cc2)N(O)C1(C)C. The monoisotopic (exact) mass is 249 g/mol. The summed E-state index contributed by atoms with van der Waals surface area (Å²) < 4.78 is 5.14.